The average molecular weight is 390 g/mol. The van der Waals surface area contributed by atoms with Gasteiger partial charge in [-0.1, -0.05) is 26.8 Å². The summed E-state index contributed by atoms with van der Waals surface area (Å²) in [6.07, 6.45) is -4.66. The van der Waals surface area contributed by atoms with Crippen LogP contribution in [0, 0.1) is 11.2 Å². The molecule has 0 spiro atoms. The van der Waals surface area contributed by atoms with Gasteiger partial charge in [-0.05, 0) is 24.6 Å². The normalized spacial score (nSPS) is 12.7. The summed E-state index contributed by atoms with van der Waals surface area (Å²) in [5.74, 6) is -0.748. The number of alkyl halides is 3. The maximum atomic E-state index is 13.2. The van der Waals surface area contributed by atoms with Crippen molar-refractivity contribution in [2.75, 3.05) is 19.6 Å². The van der Waals surface area contributed by atoms with E-state index in [2.05, 4.69) is 20.9 Å². The van der Waals surface area contributed by atoms with Crippen molar-refractivity contribution in [2.45, 2.75) is 40.4 Å². The standard InChI is InChI=1S/C18H26F4N4O/c1-5-23-16(25-9-8-24-15(27)17(2,3)4)26-11-12-6-7-13(19)10-14(12)18(20,21)22/h6-7,10H,5,8-9,11H2,1-4H3,(H,24,27)(H2,23,25,26). The fourth-order valence-corrected chi connectivity index (χ4v) is 2.08. The average Bonchev–Trinajstić information content (AvgIpc) is 2.55. The van der Waals surface area contributed by atoms with Crippen LogP contribution < -0.4 is 16.0 Å². The summed E-state index contributed by atoms with van der Waals surface area (Å²) < 4.78 is 52.3. The highest BCUT2D eigenvalue weighted by Gasteiger charge is 2.33. The number of benzene rings is 1. The molecule has 0 aliphatic rings. The monoisotopic (exact) mass is 390 g/mol. The first-order chi connectivity index (χ1) is 12.4. The summed E-state index contributed by atoms with van der Waals surface area (Å²) in [6.45, 7) is 8.13. The minimum atomic E-state index is -4.66. The number of hydrogen-bond acceptors (Lipinski definition) is 2. The highest BCUT2D eigenvalue weighted by Crippen LogP contribution is 2.32. The van der Waals surface area contributed by atoms with Crippen LogP contribution in [-0.4, -0.2) is 31.5 Å². The van der Waals surface area contributed by atoms with Crippen LogP contribution in [0.3, 0.4) is 0 Å². The lowest BCUT2D eigenvalue weighted by atomic mass is 9.96. The molecule has 0 heterocycles. The van der Waals surface area contributed by atoms with Gasteiger partial charge in [0.2, 0.25) is 5.91 Å². The van der Waals surface area contributed by atoms with Crippen LogP contribution in [0.4, 0.5) is 17.6 Å². The Morgan fingerprint density at radius 2 is 1.70 bits per heavy atom. The van der Waals surface area contributed by atoms with Crippen molar-refractivity contribution < 1.29 is 22.4 Å². The summed E-state index contributed by atoms with van der Waals surface area (Å²) in [6, 6.07) is 2.52. The second kappa shape index (κ2) is 9.57. The number of nitrogens with one attached hydrogen (secondary N) is 3. The van der Waals surface area contributed by atoms with Gasteiger partial charge in [0.15, 0.2) is 5.96 Å². The predicted molar refractivity (Wildman–Crippen MR) is 96.7 cm³/mol. The van der Waals surface area contributed by atoms with Gasteiger partial charge in [-0.25, -0.2) is 9.38 Å². The summed E-state index contributed by atoms with van der Waals surface area (Å²) >= 11 is 0. The number of carbonyl (C=O) groups is 1. The molecule has 0 aromatic heterocycles. The minimum Gasteiger partial charge on any atom is -0.357 e. The van der Waals surface area contributed by atoms with Gasteiger partial charge in [0.25, 0.3) is 0 Å². The summed E-state index contributed by atoms with van der Waals surface area (Å²) in [4.78, 5) is 15.9. The molecule has 0 saturated carbocycles. The Labute approximate surface area is 156 Å². The van der Waals surface area contributed by atoms with E-state index >= 15 is 0 Å². The molecule has 0 aliphatic heterocycles. The van der Waals surface area contributed by atoms with Crippen molar-refractivity contribution in [3.8, 4) is 0 Å². The van der Waals surface area contributed by atoms with Crippen molar-refractivity contribution in [1.82, 2.24) is 16.0 Å². The zero-order valence-corrected chi connectivity index (χ0v) is 15.9. The Bertz CT molecular complexity index is 666. The van der Waals surface area contributed by atoms with Crippen LogP contribution in [0.25, 0.3) is 0 Å². The highest BCUT2D eigenvalue weighted by molar-refractivity contribution is 5.81. The predicted octanol–water partition coefficient (Wildman–Crippen LogP) is 3.06. The van der Waals surface area contributed by atoms with E-state index in [4.69, 9.17) is 0 Å². The molecule has 27 heavy (non-hydrogen) atoms. The molecule has 0 fully saturated rings. The van der Waals surface area contributed by atoms with Crippen LogP contribution in [0.5, 0.6) is 0 Å². The van der Waals surface area contributed by atoms with Gasteiger partial charge < -0.3 is 16.0 Å². The first-order valence-electron chi connectivity index (χ1n) is 8.61. The number of guanidine groups is 1. The molecule has 0 radical (unpaired) electrons. The Morgan fingerprint density at radius 3 is 2.26 bits per heavy atom. The van der Waals surface area contributed by atoms with E-state index in [-0.39, 0.29) is 18.0 Å². The molecule has 3 N–H and O–H groups in total. The lowest BCUT2D eigenvalue weighted by molar-refractivity contribution is -0.138. The molecule has 1 rings (SSSR count). The van der Waals surface area contributed by atoms with E-state index in [0.29, 0.717) is 31.7 Å². The Balaban J connectivity index is 2.73. The van der Waals surface area contributed by atoms with Crippen molar-refractivity contribution >= 4 is 11.9 Å². The van der Waals surface area contributed by atoms with Gasteiger partial charge in [0, 0.05) is 25.0 Å². The zero-order valence-electron chi connectivity index (χ0n) is 15.9. The Kier molecular flexibility index (Phi) is 8.05. The van der Waals surface area contributed by atoms with Crippen LogP contribution >= 0.6 is 0 Å². The third-order valence-corrected chi connectivity index (χ3v) is 3.51. The van der Waals surface area contributed by atoms with Crippen LogP contribution in [0.1, 0.15) is 38.8 Å². The maximum Gasteiger partial charge on any atom is 0.416 e. The van der Waals surface area contributed by atoms with Gasteiger partial charge in [0.1, 0.15) is 5.82 Å². The molecule has 1 amide bonds. The fraction of sp³-hybridized carbons (Fsp3) is 0.556. The van der Waals surface area contributed by atoms with Crippen molar-refractivity contribution in [3.05, 3.63) is 35.1 Å². The molecular formula is C18H26F4N4O. The lowest BCUT2D eigenvalue weighted by Crippen LogP contribution is -2.43. The fourth-order valence-electron chi connectivity index (χ4n) is 2.08. The van der Waals surface area contributed by atoms with Gasteiger partial charge in [0.05, 0.1) is 12.1 Å². The van der Waals surface area contributed by atoms with Gasteiger partial charge >= 0.3 is 6.18 Å². The first-order valence-corrected chi connectivity index (χ1v) is 8.61. The van der Waals surface area contributed by atoms with Crippen LogP contribution in [0.15, 0.2) is 23.2 Å². The SMILES string of the molecule is CCNC(=NCc1ccc(F)cc1C(F)(F)F)NCCNC(=O)C(C)(C)C. The summed E-state index contributed by atoms with van der Waals surface area (Å²) in [5.41, 5.74) is -1.67. The van der Waals surface area contributed by atoms with E-state index in [9.17, 15) is 22.4 Å². The number of halogens is 4. The molecule has 1 aromatic carbocycles. The van der Waals surface area contributed by atoms with Crippen molar-refractivity contribution in [1.29, 1.82) is 0 Å². The number of rotatable bonds is 6. The minimum absolute atomic E-state index is 0.104. The lowest BCUT2D eigenvalue weighted by Gasteiger charge is -2.18. The molecule has 0 saturated heterocycles. The van der Waals surface area contributed by atoms with Gasteiger partial charge in [-0.3, -0.25) is 4.79 Å². The molecule has 152 valence electrons. The second-order valence-corrected chi connectivity index (χ2v) is 6.93. The number of carbonyl (C=O) groups excluding carboxylic acids is 1. The summed E-state index contributed by atoms with van der Waals surface area (Å²) in [7, 11) is 0. The largest absolute Gasteiger partial charge is 0.416 e. The third kappa shape index (κ3) is 7.84. The molecular weight excluding hydrogens is 364 g/mol. The van der Waals surface area contributed by atoms with E-state index in [1.54, 1.807) is 20.8 Å². The van der Waals surface area contributed by atoms with Crippen LogP contribution in [-0.2, 0) is 17.5 Å². The van der Waals surface area contributed by atoms with Gasteiger partial charge in [-0.15, -0.1) is 0 Å². The first kappa shape index (κ1) is 22.7. The second-order valence-electron chi connectivity index (χ2n) is 6.93. The Hall–Kier alpha value is -2.32. The molecule has 1 aromatic rings. The zero-order chi connectivity index (χ0) is 20.7. The van der Waals surface area contributed by atoms with Crippen molar-refractivity contribution in [3.63, 3.8) is 0 Å². The molecule has 0 aliphatic carbocycles. The number of amides is 1. The van der Waals surface area contributed by atoms with E-state index < -0.39 is 23.0 Å². The van der Waals surface area contributed by atoms with E-state index in [1.807, 2.05) is 6.92 Å². The molecule has 0 bridgehead atoms. The van der Waals surface area contributed by atoms with E-state index in [0.717, 1.165) is 12.1 Å². The molecule has 9 heteroatoms. The molecule has 0 atom stereocenters. The highest BCUT2D eigenvalue weighted by atomic mass is 19.4. The van der Waals surface area contributed by atoms with Crippen molar-refractivity contribution in [2.24, 2.45) is 10.4 Å². The molecule has 5 nitrogen and oxygen atoms in total. The number of hydrogen-bond donors (Lipinski definition) is 3. The summed E-state index contributed by atoms with van der Waals surface area (Å²) in [5, 5.41) is 8.60. The molecule has 0 unspecified atom stereocenters. The quantitative estimate of drug-likeness (QED) is 0.303. The smallest absolute Gasteiger partial charge is 0.357 e. The third-order valence-electron chi connectivity index (χ3n) is 3.51. The van der Waals surface area contributed by atoms with E-state index in [1.165, 1.54) is 0 Å². The maximum absolute atomic E-state index is 13.2. The topological polar surface area (TPSA) is 65.5 Å². The van der Waals surface area contributed by atoms with Gasteiger partial charge in [-0.2, -0.15) is 13.2 Å². The Morgan fingerprint density at radius 1 is 1.07 bits per heavy atom. The number of nitrogens with zero attached hydrogens (tertiary/aromatic N) is 1. The number of aliphatic imine (C=N–C) groups is 1. The van der Waals surface area contributed by atoms with Crippen LogP contribution in [0.2, 0.25) is 0 Å².